The van der Waals surface area contributed by atoms with Gasteiger partial charge in [0.25, 0.3) is 0 Å². The van der Waals surface area contributed by atoms with E-state index >= 15 is 0 Å². The van der Waals surface area contributed by atoms with E-state index in [2.05, 4.69) is 10.8 Å². The first-order valence-corrected chi connectivity index (χ1v) is 1.73. The summed E-state index contributed by atoms with van der Waals surface area (Å²) in [6.45, 7) is 0. The molecule has 4 heteroatoms. The molecule has 0 amide bonds. The van der Waals surface area contributed by atoms with Gasteiger partial charge in [-0.25, -0.2) is 0 Å². The van der Waals surface area contributed by atoms with Crippen molar-refractivity contribution < 1.29 is 0 Å². The molecule has 0 bridgehead atoms. The summed E-state index contributed by atoms with van der Waals surface area (Å²) in [5.74, 6) is 0. The van der Waals surface area contributed by atoms with Crippen LogP contribution in [0, 0.1) is 0 Å². The fourth-order valence-electron chi connectivity index (χ4n) is 0. The summed E-state index contributed by atoms with van der Waals surface area (Å²) in [6.07, 6.45) is 0. The van der Waals surface area contributed by atoms with Crippen molar-refractivity contribution in [1.82, 2.24) is 0 Å². The van der Waals surface area contributed by atoms with Gasteiger partial charge in [-0.15, -0.1) is 0 Å². The zero-order valence-corrected chi connectivity index (χ0v) is 3.65. The fourth-order valence-corrected chi connectivity index (χ4v) is 0. The number of hydrogen-bond donors (Lipinski definition) is 2. The molecule has 0 unspecified atom stereocenters. The van der Waals surface area contributed by atoms with Gasteiger partial charge in [0.1, 0.15) is 0 Å². The molecule has 0 saturated heterocycles. The number of rotatable bonds is 0. The predicted molar refractivity (Wildman–Crippen MR) is 19.9 cm³/mol. The normalized spacial score (nSPS) is 4.50. The van der Waals surface area contributed by atoms with Crippen molar-refractivity contribution in [1.29, 1.82) is 0 Å². The molecule has 0 atom stereocenters. The summed E-state index contributed by atoms with van der Waals surface area (Å²) in [6, 6.07) is 0. The fraction of sp³-hybridized carbons (Fsp3) is 0. The van der Waals surface area contributed by atoms with Crippen LogP contribution in [0.3, 0.4) is 0 Å². The molecule has 4 N–H and O–H groups in total. The zero-order valence-electron chi connectivity index (χ0n) is 2.65. The van der Waals surface area contributed by atoms with Crippen molar-refractivity contribution in [3.8, 4) is 0 Å². The van der Waals surface area contributed by atoms with E-state index in [1.54, 1.807) is 0 Å². The van der Waals surface area contributed by atoms with E-state index in [1.165, 1.54) is 0 Å². The molecule has 0 aliphatic heterocycles. The molecule has 0 aromatic heterocycles. The van der Waals surface area contributed by atoms with E-state index in [-0.39, 0.29) is 28.7 Å². The van der Waals surface area contributed by atoms with E-state index in [4.69, 9.17) is 0 Å². The first-order valence-electron chi connectivity index (χ1n) is 0.577. The summed E-state index contributed by atoms with van der Waals surface area (Å²) in [5.41, 5.74) is 0. The van der Waals surface area contributed by atoms with E-state index < -0.39 is 0 Å². The SMILES string of the molecule is N[Si]N.[Li]. The van der Waals surface area contributed by atoms with E-state index in [1.807, 2.05) is 0 Å². The molecule has 3 radical (unpaired) electrons. The van der Waals surface area contributed by atoms with Crippen molar-refractivity contribution in [2.45, 2.75) is 0 Å². The molecule has 2 nitrogen and oxygen atoms in total. The number of hydrogen-bond acceptors (Lipinski definition) is 2. The summed E-state index contributed by atoms with van der Waals surface area (Å²) < 4.78 is 0. The van der Waals surface area contributed by atoms with Gasteiger partial charge in [-0.05, 0) is 0 Å². The molecular formula is H4LiN2Si. The van der Waals surface area contributed by atoms with Gasteiger partial charge < -0.3 is 10.8 Å². The van der Waals surface area contributed by atoms with Crippen LogP contribution in [0.4, 0.5) is 0 Å². The van der Waals surface area contributed by atoms with Crippen LogP contribution in [0.1, 0.15) is 0 Å². The van der Waals surface area contributed by atoms with Crippen LogP contribution in [0.5, 0.6) is 0 Å². The Morgan fingerprint density at radius 3 is 1.25 bits per heavy atom. The van der Waals surface area contributed by atoms with Crippen LogP contribution >= 0.6 is 0 Å². The topological polar surface area (TPSA) is 52.0 Å². The van der Waals surface area contributed by atoms with E-state index in [0.717, 1.165) is 0 Å². The Balaban J connectivity index is 0. The van der Waals surface area contributed by atoms with Crippen LogP contribution in [-0.4, -0.2) is 28.7 Å². The van der Waals surface area contributed by atoms with Crippen LogP contribution in [0.25, 0.3) is 0 Å². The van der Waals surface area contributed by atoms with Crippen molar-refractivity contribution in [2.75, 3.05) is 0 Å². The molecule has 0 aromatic carbocycles. The number of nitrogens with two attached hydrogens (primary N) is 2. The minimum Gasteiger partial charge on any atom is -0.340 e. The van der Waals surface area contributed by atoms with Crippen LogP contribution in [-0.2, 0) is 0 Å². The van der Waals surface area contributed by atoms with Crippen molar-refractivity contribution >= 4 is 28.7 Å². The van der Waals surface area contributed by atoms with Crippen molar-refractivity contribution in [3.05, 3.63) is 0 Å². The Bertz CT molecular complexity index is 6.00. The zero-order chi connectivity index (χ0) is 2.71. The average molecular weight is 67.1 g/mol. The monoisotopic (exact) mass is 67.0 g/mol. The molecule has 0 aliphatic carbocycles. The first kappa shape index (κ1) is 8.83. The molecule has 0 aromatic rings. The van der Waals surface area contributed by atoms with Gasteiger partial charge in [-0.1, -0.05) is 0 Å². The smallest absolute Gasteiger partial charge is 0.239 e. The maximum absolute atomic E-state index is 4.65. The molecule has 0 fully saturated rings. The summed E-state index contributed by atoms with van der Waals surface area (Å²) in [7, 11) is 0.0833. The Morgan fingerprint density at radius 1 is 1.25 bits per heavy atom. The van der Waals surface area contributed by atoms with Crippen molar-refractivity contribution in [2.24, 2.45) is 10.8 Å². The Kier molecular flexibility index (Phi) is 20.5. The molecule has 0 spiro atoms. The van der Waals surface area contributed by atoms with Crippen LogP contribution in [0.15, 0.2) is 0 Å². The summed E-state index contributed by atoms with van der Waals surface area (Å²) in [4.78, 5) is 0. The van der Waals surface area contributed by atoms with Gasteiger partial charge in [-0.2, -0.15) is 0 Å². The quantitative estimate of drug-likeness (QED) is 0.324. The van der Waals surface area contributed by atoms with Crippen LogP contribution in [0.2, 0.25) is 0 Å². The molecule has 19 valence electrons. The molecular weight excluding hydrogens is 63.0 g/mol. The second-order valence-corrected chi connectivity index (χ2v) is 0.500. The molecule has 0 rings (SSSR count). The van der Waals surface area contributed by atoms with E-state index in [0.29, 0.717) is 0 Å². The maximum Gasteiger partial charge on any atom is 0.239 e. The van der Waals surface area contributed by atoms with E-state index in [9.17, 15) is 0 Å². The Morgan fingerprint density at radius 2 is 1.25 bits per heavy atom. The Hall–Kier alpha value is 0.734. The first-order chi connectivity index (χ1) is 1.41. The summed E-state index contributed by atoms with van der Waals surface area (Å²) >= 11 is 0. The molecule has 0 saturated carbocycles. The van der Waals surface area contributed by atoms with Gasteiger partial charge in [0, 0.05) is 18.9 Å². The molecule has 0 aliphatic rings. The third-order valence-electron chi connectivity index (χ3n) is 0. The minimum atomic E-state index is 0. The van der Waals surface area contributed by atoms with Gasteiger partial charge in [0.2, 0.25) is 9.84 Å². The van der Waals surface area contributed by atoms with Gasteiger partial charge >= 0.3 is 0 Å². The standard InChI is InChI=1S/Li.H4N2Si/c;1-3-2/h;1-2H2. The van der Waals surface area contributed by atoms with Gasteiger partial charge in [-0.3, -0.25) is 0 Å². The summed E-state index contributed by atoms with van der Waals surface area (Å²) in [5, 5.41) is 9.31. The second kappa shape index (κ2) is 9.28. The second-order valence-electron chi connectivity index (χ2n) is 0.167. The Labute approximate surface area is 40.1 Å². The van der Waals surface area contributed by atoms with Gasteiger partial charge in [0.05, 0.1) is 0 Å². The third-order valence-corrected chi connectivity index (χ3v) is 0. The molecule has 4 heavy (non-hydrogen) atoms. The maximum atomic E-state index is 4.65. The predicted octanol–water partition coefficient (Wildman–Crippen LogP) is -1.94. The average Bonchev–Trinajstić information content (AvgIpc) is 0.918. The van der Waals surface area contributed by atoms with Crippen LogP contribution < -0.4 is 10.8 Å². The van der Waals surface area contributed by atoms with Gasteiger partial charge in [0.15, 0.2) is 0 Å². The largest absolute Gasteiger partial charge is 0.340 e. The molecule has 0 heterocycles. The van der Waals surface area contributed by atoms with Crippen molar-refractivity contribution in [3.63, 3.8) is 0 Å². The third kappa shape index (κ3) is 15.3. The minimum absolute atomic E-state index is 0.